The van der Waals surface area contributed by atoms with Gasteiger partial charge in [0.1, 0.15) is 36.6 Å². The van der Waals surface area contributed by atoms with E-state index in [1.54, 1.807) is 27.7 Å². The molecule has 0 radical (unpaired) electrons. The molecule has 16 heteroatoms. The van der Waals surface area contributed by atoms with Gasteiger partial charge in [0.05, 0.1) is 32.3 Å². The molecule has 3 saturated heterocycles. The van der Waals surface area contributed by atoms with Gasteiger partial charge in [0, 0.05) is 23.2 Å². The summed E-state index contributed by atoms with van der Waals surface area (Å²) >= 11 is 0. The van der Waals surface area contributed by atoms with Gasteiger partial charge < -0.3 is 59.1 Å². The summed E-state index contributed by atoms with van der Waals surface area (Å²) in [5.41, 5.74) is -5.52. The molecule has 16 nitrogen and oxygen atoms in total. The van der Waals surface area contributed by atoms with Gasteiger partial charge in [-0.3, -0.25) is 9.59 Å². The number of methoxy groups -OCH3 is 1. The second-order valence-corrected chi connectivity index (χ2v) is 14.7. The van der Waals surface area contributed by atoms with E-state index in [2.05, 4.69) is 0 Å². The number of rotatable bonds is 7. The zero-order chi connectivity index (χ0) is 35.2. The number of ketones is 1. The summed E-state index contributed by atoms with van der Waals surface area (Å²) in [4.78, 5) is 54.9. The predicted molar refractivity (Wildman–Crippen MR) is 155 cm³/mol. The Kier molecular flexibility index (Phi) is 8.76. The third-order valence-corrected chi connectivity index (χ3v) is 11.8. The second kappa shape index (κ2) is 12.0. The number of carbonyl (C=O) groups is 4. The average Bonchev–Trinajstić information content (AvgIpc) is 3.34. The summed E-state index contributed by atoms with van der Waals surface area (Å²) in [6.07, 6.45) is -13.5. The van der Waals surface area contributed by atoms with Crippen LogP contribution < -0.4 is 0 Å². The van der Waals surface area contributed by atoms with Crippen LogP contribution >= 0.6 is 0 Å². The largest absolute Gasteiger partial charge is 0.467 e. The number of hydrogen-bond donors (Lipinski definition) is 6. The van der Waals surface area contributed by atoms with Crippen LogP contribution in [0.4, 0.5) is 0 Å². The maximum absolute atomic E-state index is 14.7. The van der Waals surface area contributed by atoms with Crippen molar-refractivity contribution in [3.05, 3.63) is 11.8 Å². The lowest BCUT2D eigenvalue weighted by Crippen LogP contribution is -2.80. The molecule has 0 unspecified atom stereocenters. The highest BCUT2D eigenvalue weighted by molar-refractivity contribution is 6.00. The zero-order valence-corrected chi connectivity index (χ0v) is 27.3. The number of allylic oxidation sites excluding steroid dienone is 2. The van der Waals surface area contributed by atoms with Gasteiger partial charge in [-0.15, -0.1) is 0 Å². The van der Waals surface area contributed by atoms with E-state index in [0.717, 1.165) is 7.11 Å². The van der Waals surface area contributed by atoms with Crippen LogP contribution in [0.5, 0.6) is 0 Å². The van der Waals surface area contributed by atoms with Crippen LogP contribution in [0.15, 0.2) is 11.8 Å². The van der Waals surface area contributed by atoms with Crippen LogP contribution in [0.2, 0.25) is 0 Å². The van der Waals surface area contributed by atoms with Crippen molar-refractivity contribution < 1.29 is 78.2 Å². The van der Waals surface area contributed by atoms with Gasteiger partial charge in [-0.05, 0) is 30.3 Å². The molecule has 0 aromatic rings. The van der Waals surface area contributed by atoms with Crippen molar-refractivity contribution in [1.82, 2.24) is 0 Å². The van der Waals surface area contributed by atoms with E-state index in [4.69, 9.17) is 28.4 Å². The van der Waals surface area contributed by atoms with Crippen molar-refractivity contribution in [3.8, 4) is 0 Å². The maximum Gasteiger partial charge on any atom is 0.348 e. The molecule has 3 aliphatic heterocycles. The molecule has 6 aliphatic rings. The maximum atomic E-state index is 14.7. The number of ether oxygens (including phenoxy) is 6. The Labute approximate surface area is 275 Å². The molecule has 3 heterocycles. The fourth-order valence-electron chi connectivity index (χ4n) is 9.72. The fraction of sp³-hybridized carbons (Fsp3) is 0.812. The topological polar surface area (TPSA) is 245 Å². The number of esters is 3. The number of carbonyl (C=O) groups excluding carboxylic acids is 4. The number of Topliss-reactive ketones (excluding diaryl/α,β-unsaturated/α-hetero) is 1. The smallest absolute Gasteiger partial charge is 0.348 e. The summed E-state index contributed by atoms with van der Waals surface area (Å²) in [5, 5.41) is 64.6. The summed E-state index contributed by atoms with van der Waals surface area (Å²) in [5.74, 6) is -7.81. The first-order valence-electron chi connectivity index (χ1n) is 16.2. The van der Waals surface area contributed by atoms with Gasteiger partial charge in [-0.1, -0.05) is 27.7 Å². The highest BCUT2D eigenvalue weighted by Crippen LogP contribution is 2.72. The highest BCUT2D eigenvalue weighted by Gasteiger charge is 2.86. The van der Waals surface area contributed by atoms with Crippen LogP contribution in [0.3, 0.4) is 0 Å². The minimum absolute atomic E-state index is 0.0576. The highest BCUT2D eigenvalue weighted by atomic mass is 16.7. The van der Waals surface area contributed by atoms with Gasteiger partial charge in [0.15, 0.2) is 5.76 Å². The third kappa shape index (κ3) is 4.56. The molecule has 0 aromatic carbocycles. The lowest BCUT2D eigenvalue weighted by molar-refractivity contribution is -0.298. The summed E-state index contributed by atoms with van der Waals surface area (Å²) < 4.78 is 34.2. The molecule has 6 rings (SSSR count). The lowest BCUT2D eigenvalue weighted by atomic mass is 9.37. The van der Waals surface area contributed by atoms with Crippen molar-refractivity contribution in [2.75, 3.05) is 20.3 Å². The SMILES string of the molecule is COC(=O)[C@@]12OC[C@]34[C@H]([C@@H](O)[C@@H]1O)[C@@]1(C)C(=O)C(O[C@@H]5O[C@H](CO)[C@@H](O)[C@H](O)[C@H]5O)=C[C@@H](C)[C@@H]1C[C@H]3OC(=O)[C@H](OC(=O)CC(C)C)[C@@H]24. The third-order valence-electron chi connectivity index (χ3n) is 11.8. The van der Waals surface area contributed by atoms with E-state index in [9.17, 15) is 49.8 Å². The van der Waals surface area contributed by atoms with E-state index in [1.165, 1.54) is 6.08 Å². The van der Waals surface area contributed by atoms with E-state index in [0.29, 0.717) is 0 Å². The Hall–Kier alpha value is -2.70. The minimum atomic E-state index is -2.36. The number of aliphatic hydroxyl groups excluding tert-OH is 6. The van der Waals surface area contributed by atoms with Crippen molar-refractivity contribution >= 4 is 23.7 Å². The second-order valence-electron chi connectivity index (χ2n) is 14.7. The normalized spacial score (nSPS) is 49.3. The zero-order valence-electron chi connectivity index (χ0n) is 27.3. The quantitative estimate of drug-likeness (QED) is 0.122. The molecule has 16 atom stereocenters. The van der Waals surface area contributed by atoms with Crippen molar-refractivity contribution in [2.45, 2.75) is 101 Å². The molecule has 268 valence electrons. The predicted octanol–water partition coefficient (Wildman–Crippen LogP) is -2.29. The van der Waals surface area contributed by atoms with Crippen LogP contribution in [0.1, 0.15) is 40.5 Å². The standard InChI is InChI=1S/C32H44O16/c1-11(2)6-17(34)48-22-24-31-10-44-32(24,29(42)43-5)26(40)21(38)23(31)30(4)13(8-16(31)47-27(22)41)12(3)7-14(25(30)39)45-28-20(37)19(36)18(35)15(9-33)46-28/h7,11-13,15-16,18-24,26,28,33,35-38,40H,6,8-10H2,1-5H3/t12-,13+,15-,16-,18-,19+,20-,21-,22-,23-,24-,26+,28-,30+,31-,32+/m1/s1. The van der Waals surface area contributed by atoms with E-state index in [-0.39, 0.29) is 31.1 Å². The van der Waals surface area contributed by atoms with Gasteiger partial charge in [0.25, 0.3) is 0 Å². The Balaban J connectivity index is 1.45. The Morgan fingerprint density at radius 3 is 2.35 bits per heavy atom. The molecule has 5 fully saturated rings. The van der Waals surface area contributed by atoms with Gasteiger partial charge in [-0.2, -0.15) is 0 Å². The summed E-state index contributed by atoms with van der Waals surface area (Å²) in [6.45, 7) is 5.77. The molecule has 2 saturated carbocycles. The first-order valence-corrected chi connectivity index (χ1v) is 16.2. The monoisotopic (exact) mass is 684 g/mol. The van der Waals surface area contributed by atoms with Crippen molar-refractivity contribution in [3.63, 3.8) is 0 Å². The van der Waals surface area contributed by atoms with Crippen LogP contribution in [0.25, 0.3) is 0 Å². The first kappa shape index (κ1) is 35.1. The molecule has 1 spiro atoms. The van der Waals surface area contributed by atoms with Gasteiger partial charge in [-0.25, -0.2) is 9.59 Å². The van der Waals surface area contributed by atoms with E-state index < -0.39 is 126 Å². The Morgan fingerprint density at radius 1 is 1.04 bits per heavy atom. The minimum Gasteiger partial charge on any atom is -0.467 e. The van der Waals surface area contributed by atoms with Crippen LogP contribution in [0, 0.1) is 40.4 Å². The molecule has 0 amide bonds. The molecule has 0 aromatic heterocycles. The van der Waals surface area contributed by atoms with Crippen LogP contribution in [-0.4, -0.2) is 135 Å². The van der Waals surface area contributed by atoms with Gasteiger partial charge >= 0.3 is 17.9 Å². The van der Waals surface area contributed by atoms with E-state index in [1.807, 2.05) is 0 Å². The summed E-state index contributed by atoms with van der Waals surface area (Å²) in [7, 11) is 1.05. The fourth-order valence-corrected chi connectivity index (χ4v) is 9.72. The molecule has 2 bridgehead atoms. The van der Waals surface area contributed by atoms with Gasteiger partial charge in [0.2, 0.25) is 23.8 Å². The molecular weight excluding hydrogens is 640 g/mol. The van der Waals surface area contributed by atoms with Crippen molar-refractivity contribution in [2.24, 2.45) is 40.4 Å². The van der Waals surface area contributed by atoms with Crippen molar-refractivity contribution in [1.29, 1.82) is 0 Å². The summed E-state index contributed by atoms with van der Waals surface area (Å²) in [6, 6.07) is 0. The van der Waals surface area contributed by atoms with E-state index >= 15 is 0 Å². The number of fused-ring (bicyclic) bond motifs is 2. The molecule has 6 N–H and O–H groups in total. The Morgan fingerprint density at radius 2 is 1.73 bits per heavy atom. The first-order chi connectivity index (χ1) is 22.5. The van der Waals surface area contributed by atoms with Crippen LogP contribution in [-0.2, 0) is 47.6 Å². The number of aliphatic hydroxyl groups is 6. The molecular formula is C32H44O16. The lowest BCUT2D eigenvalue weighted by Gasteiger charge is -2.67. The average molecular weight is 685 g/mol. The number of hydrogen-bond acceptors (Lipinski definition) is 16. The molecule has 3 aliphatic carbocycles. The molecule has 48 heavy (non-hydrogen) atoms. The Bertz CT molecular complexity index is 1380.